The predicted molar refractivity (Wildman–Crippen MR) is 104 cm³/mol. The van der Waals surface area contributed by atoms with Crippen molar-refractivity contribution in [3.63, 3.8) is 0 Å². The van der Waals surface area contributed by atoms with E-state index >= 15 is 0 Å². The minimum Gasteiger partial charge on any atom is -0.481 e. The zero-order valence-corrected chi connectivity index (χ0v) is 17.0. The van der Waals surface area contributed by atoms with Crippen LogP contribution >= 0.6 is 0 Å². The zero-order valence-electron chi connectivity index (χ0n) is 17.0. The molecule has 1 rings (SSSR count). The van der Waals surface area contributed by atoms with Gasteiger partial charge >= 0.3 is 11.9 Å². The Labute approximate surface area is 181 Å². The Bertz CT molecular complexity index is 780. The molecule has 0 radical (unpaired) electrons. The van der Waals surface area contributed by atoms with Crippen molar-refractivity contribution in [3.05, 3.63) is 0 Å². The molecular weight excluding hydrogens is 432 g/mol. The molecule has 1 heterocycles. The SMILES string of the molecule is NC(=O)CC(NC(=O)C(CC(=O)O)NC(=O)C(CC(N)=O)NC(=O)C1CCCN1)C(=O)O. The molecule has 1 aliphatic rings. The van der Waals surface area contributed by atoms with Crippen LogP contribution in [0.1, 0.15) is 32.1 Å². The van der Waals surface area contributed by atoms with Crippen LogP contribution in [-0.2, 0) is 33.6 Å². The average Bonchev–Trinajstić information content (AvgIpc) is 3.20. The average molecular weight is 458 g/mol. The van der Waals surface area contributed by atoms with Crippen LogP contribution in [0, 0.1) is 0 Å². The quantitative estimate of drug-likeness (QED) is 0.131. The smallest absolute Gasteiger partial charge is 0.326 e. The number of hydrogen-bond donors (Lipinski definition) is 8. The molecule has 0 aromatic rings. The predicted octanol–water partition coefficient (Wildman–Crippen LogP) is -4.50. The third-order valence-electron chi connectivity index (χ3n) is 4.45. The van der Waals surface area contributed by atoms with Crippen LogP contribution < -0.4 is 32.7 Å². The molecule has 0 aromatic carbocycles. The molecule has 0 saturated carbocycles. The molecule has 4 unspecified atom stereocenters. The van der Waals surface area contributed by atoms with Gasteiger partial charge in [0, 0.05) is 0 Å². The highest BCUT2D eigenvalue weighted by molar-refractivity contribution is 5.97. The van der Waals surface area contributed by atoms with Gasteiger partial charge in [0.25, 0.3) is 0 Å². The third kappa shape index (κ3) is 8.95. The van der Waals surface area contributed by atoms with Crippen molar-refractivity contribution in [1.82, 2.24) is 21.3 Å². The number of hydrogen-bond acceptors (Lipinski definition) is 8. The van der Waals surface area contributed by atoms with Gasteiger partial charge in [-0.15, -0.1) is 0 Å². The summed E-state index contributed by atoms with van der Waals surface area (Å²) in [5.74, 6) is -8.01. The molecule has 1 saturated heterocycles. The van der Waals surface area contributed by atoms with Gasteiger partial charge in [-0.1, -0.05) is 0 Å². The minimum absolute atomic E-state index is 0.497. The van der Waals surface area contributed by atoms with E-state index in [-0.39, 0.29) is 0 Å². The highest BCUT2D eigenvalue weighted by Crippen LogP contribution is 2.06. The van der Waals surface area contributed by atoms with Gasteiger partial charge in [-0.2, -0.15) is 0 Å². The summed E-state index contributed by atoms with van der Waals surface area (Å²) in [7, 11) is 0. The van der Waals surface area contributed by atoms with Crippen LogP contribution in [-0.4, -0.2) is 82.4 Å². The molecule has 4 atom stereocenters. The molecule has 32 heavy (non-hydrogen) atoms. The largest absolute Gasteiger partial charge is 0.481 e. The fraction of sp³-hybridized carbons (Fsp3) is 0.588. The van der Waals surface area contributed by atoms with Crippen LogP contribution in [0.25, 0.3) is 0 Å². The Morgan fingerprint density at radius 1 is 0.812 bits per heavy atom. The van der Waals surface area contributed by atoms with E-state index < -0.39 is 84.9 Å². The first kappa shape index (κ1) is 26.3. The second-order valence-corrected chi connectivity index (χ2v) is 7.11. The van der Waals surface area contributed by atoms with E-state index in [9.17, 15) is 33.6 Å². The van der Waals surface area contributed by atoms with Gasteiger partial charge in [-0.05, 0) is 19.4 Å². The molecule has 0 spiro atoms. The van der Waals surface area contributed by atoms with E-state index in [4.69, 9.17) is 21.7 Å². The van der Waals surface area contributed by atoms with E-state index in [2.05, 4.69) is 16.0 Å². The normalized spacial score (nSPS) is 17.9. The number of nitrogens with one attached hydrogen (secondary N) is 4. The van der Waals surface area contributed by atoms with Crippen molar-refractivity contribution in [2.24, 2.45) is 11.5 Å². The minimum atomic E-state index is -1.79. The Morgan fingerprint density at radius 3 is 1.75 bits per heavy atom. The molecule has 0 bridgehead atoms. The molecule has 0 aliphatic carbocycles. The summed E-state index contributed by atoms with van der Waals surface area (Å²) < 4.78 is 0. The van der Waals surface area contributed by atoms with Crippen molar-refractivity contribution >= 4 is 41.5 Å². The Kier molecular flexibility index (Phi) is 10.0. The van der Waals surface area contributed by atoms with Crippen molar-refractivity contribution in [3.8, 4) is 0 Å². The number of aliphatic carboxylic acids is 2. The van der Waals surface area contributed by atoms with E-state index in [1.54, 1.807) is 0 Å². The lowest BCUT2D eigenvalue weighted by atomic mass is 10.1. The standard InChI is InChI=1S/C17H26N6O9/c18-11(24)4-8(21-14(28)7-2-1-3-20-7)15(29)22-9(6-13(26)27)16(30)23-10(17(31)32)5-12(19)25/h7-10,20H,1-6H2,(H2,18,24)(H2,19,25)(H,21,28)(H,22,29)(H,23,30)(H,26,27)(H,31,32). The summed E-state index contributed by atoms with van der Waals surface area (Å²) in [6.45, 7) is 0.585. The summed E-state index contributed by atoms with van der Waals surface area (Å²) in [4.78, 5) is 81.9. The monoisotopic (exact) mass is 458 g/mol. The van der Waals surface area contributed by atoms with Gasteiger partial charge in [-0.3, -0.25) is 28.8 Å². The highest BCUT2D eigenvalue weighted by Gasteiger charge is 2.33. The van der Waals surface area contributed by atoms with E-state index in [1.165, 1.54) is 0 Å². The lowest BCUT2D eigenvalue weighted by Gasteiger charge is -2.24. The first-order valence-electron chi connectivity index (χ1n) is 9.56. The van der Waals surface area contributed by atoms with Crippen LogP contribution in [0.2, 0.25) is 0 Å². The number of rotatable bonds is 13. The van der Waals surface area contributed by atoms with Gasteiger partial charge in [0.2, 0.25) is 29.5 Å². The van der Waals surface area contributed by atoms with Crippen molar-refractivity contribution in [2.45, 2.75) is 56.3 Å². The van der Waals surface area contributed by atoms with Crippen molar-refractivity contribution in [1.29, 1.82) is 0 Å². The summed E-state index contributed by atoms with van der Waals surface area (Å²) >= 11 is 0. The molecular formula is C17H26N6O9. The topological polar surface area (TPSA) is 260 Å². The highest BCUT2D eigenvalue weighted by atomic mass is 16.4. The maximum Gasteiger partial charge on any atom is 0.326 e. The summed E-state index contributed by atoms with van der Waals surface area (Å²) in [5, 5.41) is 27.3. The molecule has 15 heteroatoms. The van der Waals surface area contributed by atoms with Crippen molar-refractivity contribution in [2.75, 3.05) is 6.54 Å². The maximum atomic E-state index is 12.6. The molecule has 5 amide bonds. The molecule has 0 aromatic heterocycles. The molecule has 15 nitrogen and oxygen atoms in total. The fourth-order valence-electron chi connectivity index (χ4n) is 2.92. The van der Waals surface area contributed by atoms with Gasteiger partial charge in [0.15, 0.2) is 0 Å². The maximum absolute atomic E-state index is 12.6. The molecule has 1 fully saturated rings. The lowest BCUT2D eigenvalue weighted by molar-refractivity contribution is -0.145. The molecule has 178 valence electrons. The Morgan fingerprint density at radius 2 is 1.31 bits per heavy atom. The third-order valence-corrected chi connectivity index (χ3v) is 4.45. The van der Waals surface area contributed by atoms with E-state index in [1.807, 2.05) is 5.32 Å². The second kappa shape index (κ2) is 12.2. The Hall–Kier alpha value is -3.75. The summed E-state index contributed by atoms with van der Waals surface area (Å²) in [6.07, 6.45) is -1.14. The number of carbonyl (C=O) groups excluding carboxylic acids is 5. The van der Waals surface area contributed by atoms with Gasteiger partial charge in [-0.25, -0.2) is 4.79 Å². The number of nitrogens with two attached hydrogens (primary N) is 2. The van der Waals surface area contributed by atoms with Crippen molar-refractivity contribution < 1.29 is 43.8 Å². The van der Waals surface area contributed by atoms with E-state index in [0.717, 1.165) is 6.42 Å². The lowest BCUT2D eigenvalue weighted by Crippen LogP contribution is -2.58. The Balaban J connectivity index is 2.95. The van der Waals surface area contributed by atoms with Gasteiger partial charge in [0.05, 0.1) is 25.3 Å². The van der Waals surface area contributed by atoms with E-state index in [0.29, 0.717) is 13.0 Å². The second-order valence-electron chi connectivity index (χ2n) is 7.11. The number of amides is 5. The number of carbonyl (C=O) groups is 7. The first-order valence-corrected chi connectivity index (χ1v) is 9.56. The number of carboxylic acid groups (broad SMARTS) is 2. The number of primary amides is 2. The summed E-state index contributed by atoms with van der Waals surface area (Å²) in [5.41, 5.74) is 10.0. The number of carboxylic acids is 2. The molecule has 1 aliphatic heterocycles. The van der Waals surface area contributed by atoms with Crippen LogP contribution in [0.3, 0.4) is 0 Å². The van der Waals surface area contributed by atoms with Crippen LogP contribution in [0.4, 0.5) is 0 Å². The zero-order chi connectivity index (χ0) is 24.4. The fourth-order valence-corrected chi connectivity index (χ4v) is 2.92. The summed E-state index contributed by atoms with van der Waals surface area (Å²) in [6, 6.07) is -5.65. The molecule has 10 N–H and O–H groups in total. The van der Waals surface area contributed by atoms with Gasteiger partial charge < -0.3 is 42.9 Å². The first-order chi connectivity index (χ1) is 14.9. The van der Waals surface area contributed by atoms with Crippen LogP contribution in [0.15, 0.2) is 0 Å². The van der Waals surface area contributed by atoms with Crippen LogP contribution in [0.5, 0.6) is 0 Å². The van der Waals surface area contributed by atoms with Gasteiger partial charge in [0.1, 0.15) is 18.1 Å².